The fourth-order valence-corrected chi connectivity index (χ4v) is 23.1. The van der Waals surface area contributed by atoms with E-state index in [0.29, 0.717) is 61.2 Å². The summed E-state index contributed by atoms with van der Waals surface area (Å²) in [5, 5.41) is 65.7. The van der Waals surface area contributed by atoms with Crippen LogP contribution in [0.5, 0.6) is 11.5 Å². The molecule has 4 rings (SSSR count). The Labute approximate surface area is 754 Å². The van der Waals surface area contributed by atoms with Crippen molar-refractivity contribution in [2.24, 2.45) is 0 Å². The molecule has 0 aliphatic rings. The Bertz CT molecular complexity index is 4090. The lowest BCUT2D eigenvalue weighted by atomic mass is 10.2. The minimum atomic E-state index is -4.53. The molecule has 0 amide bonds. The molecule has 0 radical (unpaired) electrons. The zero-order valence-corrected chi connectivity index (χ0v) is 86.0. The highest BCUT2D eigenvalue weighted by Crippen LogP contribution is 2.42. The summed E-state index contributed by atoms with van der Waals surface area (Å²) in [4.78, 5) is 25.2. The van der Waals surface area contributed by atoms with Crippen LogP contribution in [-0.2, 0) is 72.9 Å². The largest absolute Gasteiger partial charge is 0.416 e. The summed E-state index contributed by atoms with van der Waals surface area (Å²) in [5.74, 6) is 2.91. The van der Waals surface area contributed by atoms with Crippen molar-refractivity contribution in [2.75, 3.05) is 176 Å². The normalized spacial score (nSPS) is 13.0. The van der Waals surface area contributed by atoms with Gasteiger partial charge in [0.15, 0.2) is 54.5 Å². The first-order valence-electron chi connectivity index (χ1n) is 38.2. The van der Waals surface area contributed by atoms with Gasteiger partial charge in [-0.1, -0.05) is 98.5 Å². The summed E-state index contributed by atoms with van der Waals surface area (Å²) < 4.78 is 174. The number of halogens is 4. The van der Waals surface area contributed by atoms with Crippen LogP contribution < -0.4 is 18.2 Å². The number of thioether (sulfide) groups is 2. The lowest BCUT2D eigenvalue weighted by Crippen LogP contribution is -2.42. The van der Waals surface area contributed by atoms with Crippen molar-refractivity contribution < 1.29 is 108 Å². The Morgan fingerprint density at radius 1 is 0.458 bits per heavy atom. The average Bonchev–Trinajstić information content (AvgIpc) is 1.59. The van der Waals surface area contributed by atoms with E-state index in [9.17, 15) is 70.7 Å². The third kappa shape index (κ3) is 48.0. The van der Waals surface area contributed by atoms with Gasteiger partial charge in [0.1, 0.15) is 31.8 Å². The van der Waals surface area contributed by atoms with E-state index in [-0.39, 0.29) is 107 Å². The number of rotatable bonds is 51. The number of aliphatic hydroxyl groups is 5. The first-order chi connectivity index (χ1) is 55.3. The minimum Gasteiger partial charge on any atom is -0.416 e. The molecule has 2 aromatic heterocycles. The lowest BCUT2D eigenvalue weighted by Gasteiger charge is -2.36. The standard InChI is InChI=1S/C20H26Cl2N2O7S3.C19H24Cl2N2O8S3.C10H24O4SSi.C10H22O3SSi.C10H24O2SSi.C4H10O2S/c1-2-14-33(27,28)15-8-19(18-7-13-32-20(18)24(25)26)34(29,30)31-17-5-3-16(4-6-17)23(11-9-21)12-10-22;20-7-9-22(10-8-21)15-1-3-16(4-2-15)31-34(29,30)18(6-13-33(27,28)14-11-24)17-5-12-32-19(17)23(25)26;1-10(2,3)16(4,5)14-7-9-15(12,13)8-6-11;1-7-14(11,12)9-8-13-15(5,6)10(2,3)4;1-10(2,3)14(4,5)12-7-9-13-8-6-11;5-1-3-7-4-2-6/h3-7,13,19H,2,8-12,14-15H2,1H3;1-5,12,18,24H,6-11,13-14H2;11H,6-9H2,1-5H3;7H,1,8-9H2,2-6H3;11H,6-9H2,1-5H3;5-6H,1-4H2. The highest BCUT2D eigenvalue weighted by atomic mass is 35.5. The van der Waals surface area contributed by atoms with Crippen LogP contribution >= 0.6 is 92.6 Å². The van der Waals surface area contributed by atoms with Crippen LogP contribution in [0.25, 0.3) is 0 Å². The van der Waals surface area contributed by atoms with E-state index in [2.05, 4.69) is 108 Å². The molecule has 698 valence electrons. The van der Waals surface area contributed by atoms with E-state index in [4.69, 9.17) is 93.6 Å². The average molecular weight is 2030 g/mol. The third-order valence-corrected chi connectivity index (χ3v) is 46.3. The number of thiophene rings is 2. The number of nitro groups is 2. The SMILES string of the molecule is C=CS(=O)(=O)CCO[Si](C)(C)C(C)(C)C.CC(C)(C)[Si](C)(C)OCCS(=O)(=O)CCO.CC(C)(C)[Si](C)(C)OCCSCCO.CCCS(=O)(=O)CCC(c1ccsc1[N+](=O)[O-])S(=O)(=O)Oc1ccc(N(CCCl)CCCl)cc1.O=[N+]([O-])c1sccc1C(CCS(=O)(=O)CCO)S(=O)(=O)Oc1ccc(N(CCCl)CCCl)cc1.OCCSCCO. The molecule has 2 atom stereocenters. The maximum atomic E-state index is 13.2. The van der Waals surface area contributed by atoms with E-state index in [0.717, 1.165) is 69.1 Å². The van der Waals surface area contributed by atoms with Crippen molar-refractivity contribution in [3.63, 3.8) is 0 Å². The Morgan fingerprint density at radius 3 is 1.04 bits per heavy atom. The summed E-state index contributed by atoms with van der Waals surface area (Å²) in [6.07, 6.45) is -0.454. The predicted molar refractivity (Wildman–Crippen MR) is 506 cm³/mol. The van der Waals surface area contributed by atoms with Gasteiger partial charge >= 0.3 is 30.2 Å². The first-order valence-corrected chi connectivity index (χ1v) is 63.2. The second-order valence-electron chi connectivity index (χ2n) is 31.0. The molecule has 2 unspecified atom stereocenters. The van der Waals surface area contributed by atoms with E-state index >= 15 is 0 Å². The quantitative estimate of drug-likeness (QED) is 0.00684. The molecular formula is C73H130Cl4N4O26S10Si3. The zero-order chi connectivity index (χ0) is 92.9. The molecule has 47 heteroatoms. The summed E-state index contributed by atoms with van der Waals surface area (Å²) in [6, 6.07) is 14.9. The van der Waals surface area contributed by atoms with Crippen molar-refractivity contribution in [1.29, 1.82) is 0 Å². The number of alkyl halides is 4. The number of aliphatic hydroxyl groups excluding tert-OH is 5. The number of sulfone groups is 4. The van der Waals surface area contributed by atoms with Gasteiger partial charge in [0.25, 0.3) is 0 Å². The van der Waals surface area contributed by atoms with E-state index in [1.807, 2.05) is 9.80 Å². The molecule has 0 spiro atoms. The Balaban J connectivity index is 0. The molecule has 30 nitrogen and oxygen atoms in total. The van der Waals surface area contributed by atoms with Crippen LogP contribution in [0.2, 0.25) is 54.4 Å². The van der Waals surface area contributed by atoms with Crippen LogP contribution in [0.1, 0.15) is 110 Å². The van der Waals surface area contributed by atoms with Gasteiger partial charge in [0, 0.05) is 115 Å². The van der Waals surface area contributed by atoms with Gasteiger partial charge in [-0.3, -0.25) is 20.2 Å². The van der Waals surface area contributed by atoms with Crippen LogP contribution in [0, 0.1) is 20.2 Å². The van der Waals surface area contributed by atoms with Gasteiger partial charge in [-0.05, 0) is 145 Å². The highest BCUT2D eigenvalue weighted by molar-refractivity contribution is 7.99. The van der Waals surface area contributed by atoms with Gasteiger partial charge in [-0.2, -0.15) is 40.4 Å². The molecule has 0 saturated heterocycles. The van der Waals surface area contributed by atoms with Gasteiger partial charge in [-0.25, -0.2) is 33.7 Å². The fourth-order valence-electron chi connectivity index (χ4n) is 9.07. The second kappa shape index (κ2) is 58.1. The molecule has 0 aliphatic heterocycles. The Hall–Kier alpha value is -2.53. The maximum absolute atomic E-state index is 13.2. The van der Waals surface area contributed by atoms with E-state index < -0.39 is 140 Å². The number of benzene rings is 2. The highest BCUT2D eigenvalue weighted by Gasteiger charge is 2.42. The minimum absolute atomic E-state index is 0.0000694. The predicted octanol–water partition coefficient (Wildman–Crippen LogP) is 14.2. The monoisotopic (exact) mass is 2020 g/mol. The molecule has 0 aliphatic carbocycles. The molecule has 0 fully saturated rings. The molecule has 4 aromatic rings. The molecule has 5 N–H and O–H groups in total. The van der Waals surface area contributed by atoms with Crippen molar-refractivity contribution in [1.82, 2.24) is 0 Å². The van der Waals surface area contributed by atoms with Crippen molar-refractivity contribution in [3.05, 3.63) is 115 Å². The van der Waals surface area contributed by atoms with Gasteiger partial charge < -0.3 is 57.0 Å². The fraction of sp³-hybridized carbons (Fsp3) is 0.699. The van der Waals surface area contributed by atoms with Crippen LogP contribution in [-0.4, -0.2) is 277 Å². The maximum Gasteiger partial charge on any atom is 0.328 e. The van der Waals surface area contributed by atoms with Crippen molar-refractivity contribution in [3.8, 4) is 11.5 Å². The van der Waals surface area contributed by atoms with Gasteiger partial charge in [-0.15, -0.1) is 46.4 Å². The van der Waals surface area contributed by atoms with Gasteiger partial charge in [0.05, 0.1) is 88.5 Å². The summed E-state index contributed by atoms with van der Waals surface area (Å²) in [6.45, 7) is 40.6. The molecular weight excluding hydrogens is 1900 g/mol. The second-order valence-corrected chi connectivity index (χ2v) is 63.6. The smallest absolute Gasteiger partial charge is 0.328 e. The number of nitrogens with zero attached hydrogens (tertiary/aromatic N) is 4. The van der Waals surface area contributed by atoms with Gasteiger partial charge in [0.2, 0.25) is 0 Å². The first kappa shape index (κ1) is 120. The molecule has 120 heavy (non-hydrogen) atoms. The Morgan fingerprint density at radius 2 is 0.758 bits per heavy atom. The topological polar surface area (TPSA) is 445 Å². The van der Waals surface area contributed by atoms with Crippen molar-refractivity contribution >= 4 is 199 Å². The summed E-state index contributed by atoms with van der Waals surface area (Å²) in [5.41, 5.74) is 1.27. The van der Waals surface area contributed by atoms with Crippen LogP contribution in [0.4, 0.5) is 21.4 Å². The number of hydrogen-bond acceptors (Lipinski definition) is 32. The molecule has 0 saturated carbocycles. The zero-order valence-electron chi connectivity index (χ0n) is 71.8. The number of hydrogen-bond donors (Lipinski definition) is 5. The summed E-state index contributed by atoms with van der Waals surface area (Å²) >= 11 is 28.1. The van der Waals surface area contributed by atoms with Crippen molar-refractivity contribution in [2.45, 2.75) is 153 Å². The number of anilines is 2. The third-order valence-electron chi connectivity index (χ3n) is 18.8. The lowest BCUT2D eigenvalue weighted by molar-refractivity contribution is -0.381. The molecule has 2 heterocycles. The Kier molecular flexibility index (Phi) is 57.9. The molecule has 2 aromatic carbocycles. The summed E-state index contributed by atoms with van der Waals surface area (Å²) in [7, 11) is -27.8. The van der Waals surface area contributed by atoms with E-state index in [1.54, 1.807) is 54.7 Å². The van der Waals surface area contributed by atoms with Crippen LogP contribution in [0.3, 0.4) is 0 Å². The van der Waals surface area contributed by atoms with Crippen LogP contribution in [0.15, 0.2) is 83.4 Å². The molecule has 0 bridgehead atoms. The van der Waals surface area contributed by atoms with E-state index in [1.165, 1.54) is 47.2 Å².